The van der Waals surface area contributed by atoms with Crippen molar-refractivity contribution in [2.24, 2.45) is 0 Å². The molecule has 0 aliphatic rings. The summed E-state index contributed by atoms with van der Waals surface area (Å²) < 4.78 is 1.12. The molecule has 70 valence electrons. The van der Waals surface area contributed by atoms with E-state index in [4.69, 9.17) is 0 Å². The second kappa shape index (κ2) is 4.08. The summed E-state index contributed by atoms with van der Waals surface area (Å²) in [6.07, 6.45) is 3.19. The van der Waals surface area contributed by atoms with Crippen LogP contribution in [0.25, 0.3) is 0 Å². The highest BCUT2D eigenvalue weighted by atomic mass is 32.2. The summed E-state index contributed by atoms with van der Waals surface area (Å²) in [4.78, 5) is 25.9. The Labute approximate surface area is 79.1 Å². The summed E-state index contributed by atoms with van der Waals surface area (Å²) in [5.41, 5.74) is 2.08. The highest BCUT2D eigenvalue weighted by Crippen LogP contribution is 2.05. The molecule has 0 aromatic carbocycles. The highest BCUT2D eigenvalue weighted by molar-refractivity contribution is 7.98. The van der Waals surface area contributed by atoms with Gasteiger partial charge in [-0.05, 0) is 6.26 Å². The fourth-order valence-electron chi connectivity index (χ4n) is 0.796. The van der Waals surface area contributed by atoms with E-state index in [1.165, 1.54) is 30.9 Å². The molecule has 6 heteroatoms. The molecule has 1 aromatic heterocycles. The SMILES string of the molecule is CSc1nccc(=O)n1NC(C)=O. The summed E-state index contributed by atoms with van der Waals surface area (Å²) in [6.45, 7) is 1.34. The van der Waals surface area contributed by atoms with Crippen LogP contribution in [-0.2, 0) is 4.79 Å². The van der Waals surface area contributed by atoms with Crippen LogP contribution in [0.4, 0.5) is 0 Å². The number of thioether (sulfide) groups is 1. The maximum Gasteiger partial charge on any atom is 0.273 e. The van der Waals surface area contributed by atoms with E-state index in [9.17, 15) is 9.59 Å². The predicted molar refractivity (Wildman–Crippen MR) is 50.3 cm³/mol. The first-order valence-corrected chi connectivity index (χ1v) is 4.77. The van der Waals surface area contributed by atoms with E-state index in [1.54, 1.807) is 6.26 Å². The van der Waals surface area contributed by atoms with Crippen molar-refractivity contribution in [2.75, 3.05) is 11.7 Å². The third kappa shape index (κ3) is 2.32. The first-order valence-electron chi connectivity index (χ1n) is 3.55. The highest BCUT2D eigenvalue weighted by Gasteiger charge is 2.03. The number of amides is 1. The van der Waals surface area contributed by atoms with E-state index in [-0.39, 0.29) is 11.5 Å². The van der Waals surface area contributed by atoms with Crippen LogP contribution in [0.5, 0.6) is 0 Å². The first-order chi connectivity index (χ1) is 6.15. The van der Waals surface area contributed by atoms with Gasteiger partial charge in [-0.25, -0.2) is 4.98 Å². The van der Waals surface area contributed by atoms with Crippen LogP contribution in [-0.4, -0.2) is 21.8 Å². The van der Waals surface area contributed by atoms with Crippen LogP contribution < -0.4 is 11.0 Å². The van der Waals surface area contributed by atoms with Gasteiger partial charge in [0.1, 0.15) is 0 Å². The van der Waals surface area contributed by atoms with Gasteiger partial charge in [0.25, 0.3) is 5.56 Å². The quantitative estimate of drug-likeness (QED) is 0.540. The minimum Gasteiger partial charge on any atom is -0.274 e. The van der Waals surface area contributed by atoms with E-state index < -0.39 is 0 Å². The van der Waals surface area contributed by atoms with Crippen LogP contribution in [0.1, 0.15) is 6.92 Å². The first kappa shape index (κ1) is 9.79. The van der Waals surface area contributed by atoms with Crippen molar-refractivity contribution in [2.45, 2.75) is 12.1 Å². The molecule has 13 heavy (non-hydrogen) atoms. The number of nitrogens with zero attached hydrogens (tertiary/aromatic N) is 2. The molecule has 0 bridgehead atoms. The lowest BCUT2D eigenvalue weighted by Gasteiger charge is -2.08. The second-order valence-corrected chi connectivity index (χ2v) is 3.05. The van der Waals surface area contributed by atoms with E-state index in [0.717, 1.165) is 4.68 Å². The average molecular weight is 199 g/mol. The van der Waals surface area contributed by atoms with E-state index in [0.29, 0.717) is 5.16 Å². The molecule has 1 amide bonds. The fraction of sp³-hybridized carbons (Fsp3) is 0.286. The van der Waals surface area contributed by atoms with Gasteiger partial charge in [-0.2, -0.15) is 4.68 Å². The van der Waals surface area contributed by atoms with Crippen molar-refractivity contribution in [1.82, 2.24) is 9.66 Å². The normalized spacial score (nSPS) is 9.69. The number of hydrogen-bond acceptors (Lipinski definition) is 4. The number of carbonyl (C=O) groups is 1. The Bertz CT molecular complexity index is 374. The minimum absolute atomic E-state index is 0.297. The average Bonchev–Trinajstić information content (AvgIpc) is 2.08. The Hall–Kier alpha value is -1.30. The molecule has 1 heterocycles. The molecular formula is C7H9N3O2S. The van der Waals surface area contributed by atoms with Gasteiger partial charge < -0.3 is 0 Å². The van der Waals surface area contributed by atoms with E-state index in [1.807, 2.05) is 0 Å². The Kier molecular flexibility index (Phi) is 3.07. The number of carbonyl (C=O) groups excluding carboxylic acids is 1. The van der Waals surface area contributed by atoms with Crippen molar-refractivity contribution >= 4 is 17.7 Å². The third-order valence-corrected chi connectivity index (χ3v) is 1.92. The molecule has 0 fully saturated rings. The van der Waals surface area contributed by atoms with Crippen molar-refractivity contribution in [1.29, 1.82) is 0 Å². The van der Waals surface area contributed by atoms with E-state index >= 15 is 0 Å². The monoisotopic (exact) mass is 199 g/mol. The number of nitrogens with one attached hydrogen (secondary N) is 1. The molecule has 0 unspecified atom stereocenters. The van der Waals surface area contributed by atoms with Gasteiger partial charge in [0.05, 0.1) is 0 Å². The molecule has 5 nitrogen and oxygen atoms in total. The Morgan fingerprint density at radius 3 is 2.92 bits per heavy atom. The minimum atomic E-state index is -0.301. The lowest BCUT2D eigenvalue weighted by Crippen LogP contribution is -2.32. The molecule has 0 aliphatic carbocycles. The van der Waals surface area contributed by atoms with Crippen molar-refractivity contribution in [3.8, 4) is 0 Å². The standard InChI is InChI=1S/C7H9N3O2S/c1-5(11)9-10-6(12)3-4-8-7(10)13-2/h3-4H,1-2H3,(H,9,11). The smallest absolute Gasteiger partial charge is 0.273 e. The summed E-state index contributed by atoms with van der Waals surface area (Å²) >= 11 is 1.29. The van der Waals surface area contributed by atoms with Crippen LogP contribution >= 0.6 is 11.8 Å². The van der Waals surface area contributed by atoms with Crippen LogP contribution in [0, 0.1) is 0 Å². The van der Waals surface area contributed by atoms with Crippen molar-refractivity contribution in [3.63, 3.8) is 0 Å². The zero-order valence-corrected chi connectivity index (χ0v) is 8.09. The van der Waals surface area contributed by atoms with Gasteiger partial charge in [-0.15, -0.1) is 0 Å². The van der Waals surface area contributed by atoms with Crippen LogP contribution in [0.2, 0.25) is 0 Å². The zero-order valence-electron chi connectivity index (χ0n) is 7.27. The van der Waals surface area contributed by atoms with E-state index in [2.05, 4.69) is 10.4 Å². The molecule has 0 atom stereocenters. The second-order valence-electron chi connectivity index (χ2n) is 2.27. The molecular weight excluding hydrogens is 190 g/mol. The largest absolute Gasteiger partial charge is 0.274 e. The molecule has 0 radical (unpaired) electrons. The number of rotatable bonds is 2. The van der Waals surface area contributed by atoms with Crippen molar-refractivity contribution in [3.05, 3.63) is 22.6 Å². The summed E-state index contributed by atoms with van der Waals surface area (Å²) in [5, 5.41) is 0.461. The summed E-state index contributed by atoms with van der Waals surface area (Å²) in [6, 6.07) is 1.29. The van der Waals surface area contributed by atoms with Gasteiger partial charge in [0.15, 0.2) is 5.16 Å². The van der Waals surface area contributed by atoms with Gasteiger partial charge in [-0.3, -0.25) is 15.0 Å². The lowest BCUT2D eigenvalue weighted by atomic mass is 10.6. The molecule has 0 aliphatic heterocycles. The molecule has 1 N–H and O–H groups in total. The Morgan fingerprint density at radius 2 is 2.38 bits per heavy atom. The molecule has 0 spiro atoms. The fourth-order valence-corrected chi connectivity index (χ4v) is 1.28. The van der Waals surface area contributed by atoms with Gasteiger partial charge >= 0.3 is 0 Å². The molecule has 1 aromatic rings. The number of aromatic nitrogens is 2. The van der Waals surface area contributed by atoms with Gasteiger partial charge in [0.2, 0.25) is 5.91 Å². The summed E-state index contributed by atoms with van der Waals surface area (Å²) in [7, 11) is 0. The van der Waals surface area contributed by atoms with Gasteiger partial charge in [0, 0.05) is 19.2 Å². The zero-order chi connectivity index (χ0) is 9.84. The van der Waals surface area contributed by atoms with Crippen LogP contribution in [0.3, 0.4) is 0 Å². The lowest BCUT2D eigenvalue weighted by molar-refractivity contribution is -0.115. The topological polar surface area (TPSA) is 64.0 Å². The maximum absolute atomic E-state index is 11.2. The summed E-state index contributed by atoms with van der Waals surface area (Å²) in [5.74, 6) is -0.301. The van der Waals surface area contributed by atoms with Gasteiger partial charge in [-0.1, -0.05) is 11.8 Å². The predicted octanol–water partition coefficient (Wildman–Crippen LogP) is 0.0552. The van der Waals surface area contributed by atoms with Crippen LogP contribution in [0.15, 0.2) is 22.2 Å². The van der Waals surface area contributed by atoms with Crippen molar-refractivity contribution < 1.29 is 4.79 Å². The maximum atomic E-state index is 11.2. The number of hydrogen-bond donors (Lipinski definition) is 1. The molecule has 0 saturated carbocycles. The third-order valence-electron chi connectivity index (χ3n) is 1.27. The Morgan fingerprint density at radius 1 is 1.69 bits per heavy atom. The molecule has 0 saturated heterocycles. The Balaban J connectivity index is 3.15. The molecule has 1 rings (SSSR count).